The van der Waals surface area contributed by atoms with Crippen LogP contribution in [0.4, 0.5) is 0 Å². The maximum Gasteiger partial charge on any atom is 0.111 e. The van der Waals surface area contributed by atoms with Crippen LogP contribution in [-0.2, 0) is 18.9 Å². The van der Waals surface area contributed by atoms with Crippen molar-refractivity contribution in [1.29, 1.82) is 0 Å². The summed E-state index contributed by atoms with van der Waals surface area (Å²) >= 11 is 0. The first kappa shape index (κ1) is 38.8. The summed E-state index contributed by atoms with van der Waals surface area (Å²) < 4.78 is 25.0. The topological polar surface area (TPSA) is 62.9 Å². The minimum absolute atomic E-state index is 0.112. The van der Waals surface area contributed by atoms with Gasteiger partial charge < -0.3 is 24.7 Å². The smallest absolute Gasteiger partial charge is 0.111 e. The van der Waals surface area contributed by atoms with E-state index in [-0.39, 0.29) is 16.8 Å². The fourth-order valence-corrected chi connectivity index (χ4v) is 5.86. The highest BCUT2D eigenvalue weighted by Gasteiger charge is 2.34. The standard InChI is InChI=1S/C36H73NO4/c1-28(2)15-13-16-29(3)17-14-18-30-19-20-31(26-40-35(9,10)22-24-39-36(11,12)37)32(25-30)27-41-34(7,8)21-23-38-33(4,5)6/h28-32H,13-27,37H2,1-12H3. The summed E-state index contributed by atoms with van der Waals surface area (Å²) in [5.74, 6) is 3.56. The van der Waals surface area contributed by atoms with Crippen molar-refractivity contribution in [3.05, 3.63) is 0 Å². The highest BCUT2D eigenvalue weighted by molar-refractivity contribution is 4.83. The summed E-state index contributed by atoms with van der Waals surface area (Å²) in [5.41, 5.74) is 4.86. The van der Waals surface area contributed by atoms with Crippen LogP contribution < -0.4 is 5.73 Å². The van der Waals surface area contributed by atoms with E-state index >= 15 is 0 Å². The van der Waals surface area contributed by atoms with Gasteiger partial charge in [-0.1, -0.05) is 65.7 Å². The summed E-state index contributed by atoms with van der Waals surface area (Å²) in [6, 6.07) is 0. The predicted octanol–water partition coefficient (Wildman–Crippen LogP) is 9.55. The Balaban J connectivity index is 2.68. The number of hydrogen-bond donors (Lipinski definition) is 1. The van der Waals surface area contributed by atoms with Gasteiger partial charge in [-0.05, 0) is 118 Å². The fraction of sp³-hybridized carbons (Fsp3) is 1.00. The van der Waals surface area contributed by atoms with Crippen LogP contribution in [0.3, 0.4) is 0 Å². The van der Waals surface area contributed by atoms with Crippen molar-refractivity contribution in [2.24, 2.45) is 35.3 Å². The van der Waals surface area contributed by atoms with Gasteiger partial charge in [-0.3, -0.25) is 0 Å². The third-order valence-corrected chi connectivity index (χ3v) is 8.83. The SMILES string of the molecule is CC(C)CCCC(C)CCCC1CCC(COC(C)(C)CCOC(C)(C)N)C(COC(C)(C)CCOC(C)(C)C)C1. The van der Waals surface area contributed by atoms with Gasteiger partial charge in [0.1, 0.15) is 5.72 Å². The van der Waals surface area contributed by atoms with Crippen molar-refractivity contribution in [3.63, 3.8) is 0 Å². The quantitative estimate of drug-likeness (QED) is 0.136. The molecule has 246 valence electrons. The first-order chi connectivity index (χ1) is 18.8. The van der Waals surface area contributed by atoms with E-state index in [1.807, 2.05) is 13.8 Å². The van der Waals surface area contributed by atoms with Crippen LogP contribution in [0.2, 0.25) is 0 Å². The zero-order valence-electron chi connectivity index (χ0n) is 29.7. The van der Waals surface area contributed by atoms with Crippen molar-refractivity contribution < 1.29 is 18.9 Å². The Morgan fingerprint density at radius 1 is 0.659 bits per heavy atom. The fourth-order valence-electron chi connectivity index (χ4n) is 5.86. The highest BCUT2D eigenvalue weighted by Crippen LogP contribution is 2.39. The summed E-state index contributed by atoms with van der Waals surface area (Å²) in [7, 11) is 0. The average molecular weight is 584 g/mol. The van der Waals surface area contributed by atoms with Crippen LogP contribution in [0, 0.1) is 29.6 Å². The molecule has 1 aliphatic rings. The molecule has 1 saturated carbocycles. The van der Waals surface area contributed by atoms with E-state index in [2.05, 4.69) is 69.2 Å². The van der Waals surface area contributed by atoms with Crippen molar-refractivity contribution in [2.75, 3.05) is 26.4 Å². The zero-order valence-corrected chi connectivity index (χ0v) is 29.7. The number of ether oxygens (including phenoxy) is 4. The van der Waals surface area contributed by atoms with Crippen LogP contribution in [0.25, 0.3) is 0 Å². The molecule has 4 atom stereocenters. The molecule has 5 nitrogen and oxygen atoms in total. The Kier molecular flexibility index (Phi) is 17.0. The van der Waals surface area contributed by atoms with Crippen molar-refractivity contribution in [2.45, 2.75) is 176 Å². The molecule has 1 rings (SSSR count). The van der Waals surface area contributed by atoms with Crippen molar-refractivity contribution in [3.8, 4) is 0 Å². The third kappa shape index (κ3) is 20.4. The molecule has 2 N–H and O–H groups in total. The van der Waals surface area contributed by atoms with Gasteiger partial charge in [0.15, 0.2) is 0 Å². The van der Waals surface area contributed by atoms with Crippen LogP contribution in [0.5, 0.6) is 0 Å². The van der Waals surface area contributed by atoms with E-state index in [1.165, 1.54) is 57.8 Å². The Labute approximate surface area is 256 Å². The minimum atomic E-state index is -0.604. The normalized spacial score (nSPS) is 22.0. The van der Waals surface area contributed by atoms with Crippen molar-refractivity contribution in [1.82, 2.24) is 0 Å². The minimum Gasteiger partial charge on any atom is -0.376 e. The molecule has 0 aromatic rings. The molecule has 0 aromatic heterocycles. The second-order valence-electron chi connectivity index (χ2n) is 16.6. The first-order valence-corrected chi connectivity index (χ1v) is 17.1. The van der Waals surface area contributed by atoms with Gasteiger partial charge in [0.25, 0.3) is 0 Å². The van der Waals surface area contributed by atoms with Gasteiger partial charge in [-0.15, -0.1) is 0 Å². The Morgan fingerprint density at radius 2 is 1.20 bits per heavy atom. The summed E-state index contributed by atoms with van der Waals surface area (Å²) in [6.07, 6.45) is 13.8. The number of rotatable bonds is 21. The zero-order chi connectivity index (χ0) is 31.3. The molecule has 4 unspecified atom stereocenters. The van der Waals surface area contributed by atoms with Gasteiger partial charge in [0.2, 0.25) is 0 Å². The monoisotopic (exact) mass is 584 g/mol. The molecule has 0 aliphatic heterocycles. The molecule has 41 heavy (non-hydrogen) atoms. The van der Waals surface area contributed by atoms with Crippen LogP contribution in [-0.4, -0.2) is 49.0 Å². The van der Waals surface area contributed by atoms with E-state index in [4.69, 9.17) is 24.7 Å². The molecule has 0 saturated heterocycles. The highest BCUT2D eigenvalue weighted by atomic mass is 16.5. The van der Waals surface area contributed by atoms with Gasteiger partial charge >= 0.3 is 0 Å². The molecule has 0 aromatic carbocycles. The maximum absolute atomic E-state index is 6.63. The van der Waals surface area contributed by atoms with Crippen LogP contribution in [0.1, 0.15) is 154 Å². The van der Waals surface area contributed by atoms with Gasteiger partial charge in [0.05, 0.1) is 36.6 Å². The van der Waals surface area contributed by atoms with E-state index in [1.54, 1.807) is 0 Å². The van der Waals surface area contributed by atoms with Gasteiger partial charge in [-0.25, -0.2) is 0 Å². The van der Waals surface area contributed by atoms with Crippen molar-refractivity contribution >= 4 is 0 Å². The van der Waals surface area contributed by atoms with Crippen LogP contribution >= 0.6 is 0 Å². The Bertz CT molecular complexity index is 676. The number of hydrogen-bond acceptors (Lipinski definition) is 5. The summed E-state index contributed by atoms with van der Waals surface area (Å²) in [4.78, 5) is 0. The Hall–Kier alpha value is -0.200. The molecular weight excluding hydrogens is 510 g/mol. The molecular formula is C36H73NO4. The lowest BCUT2D eigenvalue weighted by molar-refractivity contribution is -0.110. The van der Waals surface area contributed by atoms with E-state index in [9.17, 15) is 0 Å². The largest absolute Gasteiger partial charge is 0.376 e. The lowest BCUT2D eigenvalue weighted by atomic mass is 9.73. The summed E-state index contributed by atoms with van der Waals surface area (Å²) in [6.45, 7) is 29.0. The molecule has 1 aliphatic carbocycles. The maximum atomic E-state index is 6.63. The molecule has 0 spiro atoms. The predicted molar refractivity (Wildman–Crippen MR) is 175 cm³/mol. The van der Waals surface area contributed by atoms with E-state index in [0.29, 0.717) is 18.4 Å². The van der Waals surface area contributed by atoms with E-state index < -0.39 is 5.72 Å². The molecule has 0 heterocycles. The second-order valence-corrected chi connectivity index (χ2v) is 16.6. The first-order valence-electron chi connectivity index (χ1n) is 17.1. The second kappa shape index (κ2) is 17.9. The molecule has 0 radical (unpaired) electrons. The van der Waals surface area contributed by atoms with Gasteiger partial charge in [-0.2, -0.15) is 0 Å². The molecule has 0 bridgehead atoms. The lowest BCUT2D eigenvalue weighted by Gasteiger charge is -2.39. The third-order valence-electron chi connectivity index (χ3n) is 8.83. The van der Waals surface area contributed by atoms with Gasteiger partial charge in [0, 0.05) is 6.61 Å². The lowest BCUT2D eigenvalue weighted by Crippen LogP contribution is -2.39. The molecule has 5 heteroatoms. The van der Waals surface area contributed by atoms with E-state index in [0.717, 1.165) is 50.4 Å². The average Bonchev–Trinajstić information content (AvgIpc) is 2.80. The van der Waals surface area contributed by atoms with Crippen LogP contribution in [0.15, 0.2) is 0 Å². The molecule has 0 amide bonds. The summed E-state index contributed by atoms with van der Waals surface area (Å²) in [5, 5.41) is 0. The molecule has 1 fully saturated rings. The Morgan fingerprint density at radius 3 is 1.73 bits per heavy atom. The number of nitrogens with two attached hydrogens (primary N) is 1.